The third-order valence-corrected chi connectivity index (χ3v) is 11.7. The summed E-state index contributed by atoms with van der Waals surface area (Å²) < 4.78 is 6.60. The smallest absolute Gasteiger partial charge is 0.143 e. The van der Waals surface area contributed by atoms with Crippen molar-refractivity contribution in [3.63, 3.8) is 0 Å². The fourth-order valence-electron chi connectivity index (χ4n) is 9.28. The van der Waals surface area contributed by atoms with Gasteiger partial charge in [-0.25, -0.2) is 0 Å². The van der Waals surface area contributed by atoms with Crippen LogP contribution in [0.25, 0.3) is 98.8 Å². The summed E-state index contributed by atoms with van der Waals surface area (Å²) in [5.41, 5.74) is 14.5. The van der Waals surface area contributed by atoms with Gasteiger partial charge in [-0.05, 0) is 101 Å². The lowest BCUT2D eigenvalue weighted by Crippen LogP contribution is -2.14. The molecule has 0 fully saturated rings. The fourth-order valence-corrected chi connectivity index (χ4v) is 9.28. The highest BCUT2D eigenvalue weighted by Crippen LogP contribution is 2.55. The van der Waals surface area contributed by atoms with Crippen molar-refractivity contribution in [1.29, 1.82) is 0 Å². The molecule has 0 saturated carbocycles. The third kappa shape index (κ3) is 3.99. The van der Waals surface area contributed by atoms with E-state index in [1.165, 1.54) is 82.4 Å². The summed E-state index contributed by atoms with van der Waals surface area (Å²) in [5.74, 6) is 0. The van der Waals surface area contributed by atoms with Gasteiger partial charge in [-0.15, -0.1) is 0 Å². The number of fused-ring (bicyclic) bond motifs is 9. The summed E-state index contributed by atoms with van der Waals surface area (Å²) in [7, 11) is 0. The molecule has 0 saturated heterocycles. The molecule has 0 radical (unpaired) electrons. The monoisotopic (exact) mass is 662 g/mol. The van der Waals surface area contributed by atoms with E-state index in [0.717, 1.165) is 27.5 Å². The lowest BCUT2D eigenvalue weighted by Gasteiger charge is -2.23. The average Bonchev–Trinajstić information content (AvgIpc) is 3.68. The first-order valence-corrected chi connectivity index (χ1v) is 18.2. The molecule has 0 atom stereocenters. The summed E-state index contributed by atoms with van der Waals surface area (Å²) in [6.07, 6.45) is 0. The van der Waals surface area contributed by atoms with Crippen LogP contribution in [0.4, 0.5) is 0 Å². The zero-order valence-corrected chi connectivity index (χ0v) is 29.1. The molecule has 1 aromatic heterocycles. The molecule has 0 N–H and O–H groups in total. The first-order valence-electron chi connectivity index (χ1n) is 18.2. The number of hydrogen-bond acceptors (Lipinski definition) is 1. The van der Waals surface area contributed by atoms with Gasteiger partial charge in [0.05, 0.1) is 0 Å². The van der Waals surface area contributed by atoms with E-state index in [1.807, 2.05) is 6.07 Å². The Morgan fingerprint density at radius 1 is 0.346 bits per heavy atom. The van der Waals surface area contributed by atoms with Crippen molar-refractivity contribution in [1.82, 2.24) is 0 Å². The Kier molecular flexibility index (Phi) is 6.08. The maximum Gasteiger partial charge on any atom is 0.143 e. The van der Waals surface area contributed by atoms with Crippen LogP contribution in [0.15, 0.2) is 174 Å². The summed E-state index contributed by atoms with van der Waals surface area (Å²) in [5, 5.41) is 9.86. The number of rotatable bonds is 3. The topological polar surface area (TPSA) is 13.1 Å². The standard InChI is InChI=1S/C51H34O/c1-51(2)44-27-14-26-42(49(44)43-29-31-15-3-4-16-32(31)30-45(43)51)48-38-22-9-7-20-36(38)47(37-21-8-10-23-39(37)48)35-19-6-5-17-33(35)40-24-13-25-41-34-18-11-12-28-46(34)52-50(40)41/h3-30H,1-2H3. The number of hydrogen-bond donors (Lipinski definition) is 0. The Bertz CT molecular complexity index is 3040. The van der Waals surface area contributed by atoms with E-state index >= 15 is 0 Å². The summed E-state index contributed by atoms with van der Waals surface area (Å²) in [6, 6.07) is 62.4. The Labute approximate surface area is 302 Å². The van der Waals surface area contributed by atoms with E-state index in [0.29, 0.717) is 0 Å². The van der Waals surface area contributed by atoms with Crippen molar-refractivity contribution in [2.45, 2.75) is 19.3 Å². The second-order valence-electron chi connectivity index (χ2n) is 14.8. The molecule has 244 valence electrons. The zero-order chi connectivity index (χ0) is 34.6. The summed E-state index contributed by atoms with van der Waals surface area (Å²) >= 11 is 0. The maximum atomic E-state index is 6.60. The first kappa shape index (κ1) is 29.3. The van der Waals surface area contributed by atoms with E-state index in [-0.39, 0.29) is 5.41 Å². The molecule has 10 aromatic rings. The largest absolute Gasteiger partial charge is 0.455 e. The molecule has 0 aliphatic heterocycles. The molecule has 52 heavy (non-hydrogen) atoms. The predicted molar refractivity (Wildman–Crippen MR) is 220 cm³/mol. The second kappa shape index (κ2) is 10.8. The molecular formula is C51H34O. The van der Waals surface area contributed by atoms with Crippen molar-refractivity contribution >= 4 is 54.3 Å². The van der Waals surface area contributed by atoms with Crippen molar-refractivity contribution in [3.05, 3.63) is 181 Å². The van der Waals surface area contributed by atoms with Crippen LogP contribution in [-0.4, -0.2) is 0 Å². The van der Waals surface area contributed by atoms with Crippen molar-refractivity contribution < 1.29 is 4.42 Å². The third-order valence-electron chi connectivity index (χ3n) is 11.7. The van der Waals surface area contributed by atoms with E-state index in [9.17, 15) is 0 Å². The zero-order valence-electron chi connectivity index (χ0n) is 29.1. The molecule has 0 unspecified atom stereocenters. The molecule has 9 aromatic carbocycles. The Hall–Kier alpha value is -6.44. The number of benzene rings is 9. The molecule has 0 amide bonds. The van der Waals surface area contributed by atoms with E-state index in [4.69, 9.17) is 4.42 Å². The van der Waals surface area contributed by atoms with Crippen LogP contribution in [0.3, 0.4) is 0 Å². The van der Waals surface area contributed by atoms with Gasteiger partial charge in [-0.2, -0.15) is 0 Å². The SMILES string of the molecule is CC1(C)c2cc3ccccc3cc2-c2c(-c3c4ccccc4c(-c4ccccc4-c4cccc5c4oc4ccccc45)c4ccccc34)cccc21. The van der Waals surface area contributed by atoms with Crippen LogP contribution in [-0.2, 0) is 5.41 Å². The lowest BCUT2D eigenvalue weighted by molar-refractivity contribution is 0.661. The van der Waals surface area contributed by atoms with Gasteiger partial charge in [0.1, 0.15) is 11.2 Å². The van der Waals surface area contributed by atoms with E-state index in [1.54, 1.807) is 0 Å². The molecule has 1 aliphatic carbocycles. The minimum atomic E-state index is -0.118. The molecule has 0 spiro atoms. The quantitative estimate of drug-likeness (QED) is 0.172. The fraction of sp³-hybridized carbons (Fsp3) is 0.0588. The first-order chi connectivity index (χ1) is 25.6. The van der Waals surface area contributed by atoms with Crippen molar-refractivity contribution in [2.24, 2.45) is 0 Å². The molecule has 11 rings (SSSR count). The van der Waals surface area contributed by atoms with Gasteiger partial charge in [-0.3, -0.25) is 0 Å². The van der Waals surface area contributed by atoms with Crippen LogP contribution in [0.5, 0.6) is 0 Å². The normalized spacial score (nSPS) is 13.3. The molecule has 1 heterocycles. The highest BCUT2D eigenvalue weighted by atomic mass is 16.3. The molecule has 1 heteroatoms. The van der Waals surface area contributed by atoms with Gasteiger partial charge in [0.15, 0.2) is 0 Å². The molecule has 1 aliphatic rings. The van der Waals surface area contributed by atoms with Crippen molar-refractivity contribution in [2.75, 3.05) is 0 Å². The highest BCUT2D eigenvalue weighted by Gasteiger charge is 2.37. The average molecular weight is 663 g/mol. The Morgan fingerprint density at radius 2 is 0.846 bits per heavy atom. The summed E-state index contributed by atoms with van der Waals surface area (Å²) in [6.45, 7) is 4.77. The van der Waals surface area contributed by atoms with Gasteiger partial charge < -0.3 is 4.42 Å². The summed E-state index contributed by atoms with van der Waals surface area (Å²) in [4.78, 5) is 0. The Morgan fingerprint density at radius 3 is 1.56 bits per heavy atom. The minimum Gasteiger partial charge on any atom is -0.455 e. The lowest BCUT2D eigenvalue weighted by atomic mass is 9.80. The maximum absolute atomic E-state index is 6.60. The van der Waals surface area contributed by atoms with Gasteiger partial charge >= 0.3 is 0 Å². The van der Waals surface area contributed by atoms with Crippen LogP contribution in [0.2, 0.25) is 0 Å². The second-order valence-corrected chi connectivity index (χ2v) is 14.8. The van der Waals surface area contributed by atoms with Gasteiger partial charge in [0.25, 0.3) is 0 Å². The minimum absolute atomic E-state index is 0.118. The van der Waals surface area contributed by atoms with Crippen LogP contribution < -0.4 is 0 Å². The Balaban J connectivity index is 1.23. The molecular weight excluding hydrogens is 629 g/mol. The van der Waals surface area contributed by atoms with Crippen LogP contribution in [0, 0.1) is 0 Å². The van der Waals surface area contributed by atoms with E-state index in [2.05, 4.69) is 178 Å². The van der Waals surface area contributed by atoms with Crippen molar-refractivity contribution in [3.8, 4) is 44.5 Å². The van der Waals surface area contributed by atoms with Crippen LogP contribution in [0.1, 0.15) is 25.0 Å². The van der Waals surface area contributed by atoms with E-state index < -0.39 is 0 Å². The number of para-hydroxylation sites is 2. The predicted octanol–water partition coefficient (Wildman–Crippen LogP) is 14.4. The van der Waals surface area contributed by atoms with Crippen LogP contribution >= 0.6 is 0 Å². The molecule has 1 nitrogen and oxygen atoms in total. The highest BCUT2D eigenvalue weighted by molar-refractivity contribution is 6.24. The number of furan rings is 1. The molecule has 0 bridgehead atoms. The van der Waals surface area contributed by atoms with Gasteiger partial charge in [0.2, 0.25) is 0 Å². The van der Waals surface area contributed by atoms with Gasteiger partial charge in [-0.1, -0.05) is 166 Å². The van der Waals surface area contributed by atoms with Gasteiger partial charge in [0, 0.05) is 21.8 Å².